The summed E-state index contributed by atoms with van der Waals surface area (Å²) in [5.41, 5.74) is 0.891. The van der Waals surface area contributed by atoms with E-state index in [1.807, 2.05) is 6.92 Å². The van der Waals surface area contributed by atoms with Crippen molar-refractivity contribution in [1.82, 2.24) is 4.98 Å². The molecule has 1 heterocycles. The van der Waals surface area contributed by atoms with E-state index in [4.69, 9.17) is 0 Å². The van der Waals surface area contributed by atoms with Crippen molar-refractivity contribution in [2.45, 2.75) is 6.92 Å². The molecule has 1 N–H and O–H groups in total. The van der Waals surface area contributed by atoms with Crippen LogP contribution in [0.1, 0.15) is 5.56 Å². The van der Waals surface area contributed by atoms with E-state index in [9.17, 15) is 4.39 Å². The highest BCUT2D eigenvalue weighted by molar-refractivity contribution is 9.10. The molecule has 0 aliphatic heterocycles. The summed E-state index contributed by atoms with van der Waals surface area (Å²) in [4.78, 5) is 2.42. The molecule has 0 unspecified atom stereocenters. The molecule has 3 heteroatoms. The molecule has 0 fully saturated rings. The molecule has 44 valence electrons. The first-order valence-electron chi connectivity index (χ1n) is 2.21. The van der Waals surface area contributed by atoms with Crippen LogP contribution in [0.25, 0.3) is 0 Å². The van der Waals surface area contributed by atoms with Crippen molar-refractivity contribution in [3.8, 4) is 0 Å². The largest absolute Gasteiger partial charge is 0.337 e. The summed E-state index contributed by atoms with van der Waals surface area (Å²) in [6, 6.07) is 0. The van der Waals surface area contributed by atoms with Crippen LogP contribution in [0.2, 0.25) is 0 Å². The van der Waals surface area contributed by atoms with Crippen LogP contribution in [0.3, 0.4) is 0 Å². The fourth-order valence-electron chi connectivity index (χ4n) is 0.471. The summed E-state index contributed by atoms with van der Waals surface area (Å²) in [5.74, 6) is -0.303. The third-order valence-electron chi connectivity index (χ3n) is 0.954. The van der Waals surface area contributed by atoms with E-state index >= 15 is 0 Å². The van der Waals surface area contributed by atoms with Crippen molar-refractivity contribution < 1.29 is 4.39 Å². The summed E-state index contributed by atoms with van der Waals surface area (Å²) < 4.78 is 12.8. The van der Waals surface area contributed by atoms with E-state index in [0.717, 1.165) is 5.56 Å². The maximum Gasteiger partial charge on any atom is 0.205 e. The van der Waals surface area contributed by atoms with Crippen molar-refractivity contribution in [2.75, 3.05) is 0 Å². The van der Waals surface area contributed by atoms with E-state index in [0.29, 0.717) is 4.47 Å². The van der Waals surface area contributed by atoms with Gasteiger partial charge in [0.1, 0.15) is 0 Å². The Kier molecular flexibility index (Phi) is 1.38. The zero-order valence-corrected chi connectivity index (χ0v) is 5.92. The minimum atomic E-state index is -0.303. The lowest BCUT2D eigenvalue weighted by Gasteiger charge is -1.80. The summed E-state index contributed by atoms with van der Waals surface area (Å²) in [6.45, 7) is 1.82. The molecule has 0 saturated heterocycles. The molecular formula is C5H5BrFN. The molecular weight excluding hydrogens is 173 g/mol. The molecule has 0 bridgehead atoms. The SMILES string of the molecule is Cc1c[nH]c(F)c1Br. The monoisotopic (exact) mass is 177 g/mol. The summed E-state index contributed by atoms with van der Waals surface area (Å²) >= 11 is 3.04. The summed E-state index contributed by atoms with van der Waals surface area (Å²) in [7, 11) is 0. The van der Waals surface area contributed by atoms with Gasteiger partial charge in [0.25, 0.3) is 0 Å². The maximum absolute atomic E-state index is 12.2. The predicted octanol–water partition coefficient (Wildman–Crippen LogP) is 2.22. The molecule has 0 atom stereocenters. The molecule has 0 spiro atoms. The Balaban J connectivity index is 3.19. The van der Waals surface area contributed by atoms with Gasteiger partial charge in [0.05, 0.1) is 4.47 Å². The minimum absolute atomic E-state index is 0.303. The average molecular weight is 178 g/mol. The number of aryl methyl sites for hydroxylation is 1. The normalized spacial score (nSPS) is 9.88. The van der Waals surface area contributed by atoms with Gasteiger partial charge in [0.15, 0.2) is 0 Å². The Morgan fingerprint density at radius 1 is 1.75 bits per heavy atom. The van der Waals surface area contributed by atoms with E-state index in [-0.39, 0.29) is 5.95 Å². The fraction of sp³-hybridized carbons (Fsp3) is 0.200. The fourth-order valence-corrected chi connectivity index (χ4v) is 0.700. The number of H-pyrrole nitrogens is 1. The topological polar surface area (TPSA) is 15.8 Å². The first-order chi connectivity index (χ1) is 3.72. The Morgan fingerprint density at radius 2 is 2.38 bits per heavy atom. The molecule has 0 saturated carbocycles. The summed E-state index contributed by atoms with van der Waals surface area (Å²) in [6.07, 6.45) is 1.61. The van der Waals surface area contributed by atoms with Crippen molar-refractivity contribution in [3.63, 3.8) is 0 Å². The molecule has 1 aromatic heterocycles. The maximum atomic E-state index is 12.2. The van der Waals surface area contributed by atoms with E-state index in [2.05, 4.69) is 20.9 Å². The van der Waals surface area contributed by atoms with Gasteiger partial charge in [-0.25, -0.2) is 0 Å². The number of hydrogen-bond donors (Lipinski definition) is 1. The van der Waals surface area contributed by atoms with Gasteiger partial charge in [-0.1, -0.05) is 0 Å². The van der Waals surface area contributed by atoms with Crippen LogP contribution in [0.5, 0.6) is 0 Å². The molecule has 8 heavy (non-hydrogen) atoms. The van der Waals surface area contributed by atoms with Crippen LogP contribution in [-0.2, 0) is 0 Å². The molecule has 1 aromatic rings. The van der Waals surface area contributed by atoms with Gasteiger partial charge in [-0.3, -0.25) is 0 Å². The lowest BCUT2D eigenvalue weighted by atomic mass is 10.4. The number of aromatic amines is 1. The Labute approximate surface area is 55.0 Å². The molecule has 0 amide bonds. The predicted molar refractivity (Wildman–Crippen MR) is 33.2 cm³/mol. The standard InChI is InChI=1S/C5H5BrFN/c1-3-2-8-5(7)4(3)6/h2,8H,1H3. The average Bonchev–Trinajstić information content (AvgIpc) is 1.98. The molecule has 0 aromatic carbocycles. The van der Waals surface area contributed by atoms with Gasteiger partial charge in [-0.15, -0.1) is 0 Å². The van der Waals surface area contributed by atoms with Crippen LogP contribution in [0.15, 0.2) is 10.7 Å². The highest BCUT2D eigenvalue weighted by Gasteiger charge is 2.00. The van der Waals surface area contributed by atoms with Gasteiger partial charge in [-0.05, 0) is 28.4 Å². The van der Waals surface area contributed by atoms with Crippen molar-refractivity contribution in [2.24, 2.45) is 0 Å². The molecule has 0 radical (unpaired) electrons. The Bertz CT molecular complexity index is 175. The highest BCUT2D eigenvalue weighted by Crippen LogP contribution is 2.17. The van der Waals surface area contributed by atoms with Gasteiger partial charge in [0.2, 0.25) is 5.95 Å². The lowest BCUT2D eigenvalue weighted by Crippen LogP contribution is -1.68. The van der Waals surface area contributed by atoms with E-state index in [1.165, 1.54) is 0 Å². The van der Waals surface area contributed by atoms with Crippen molar-refractivity contribution >= 4 is 15.9 Å². The van der Waals surface area contributed by atoms with E-state index < -0.39 is 0 Å². The third kappa shape index (κ3) is 0.777. The molecule has 1 rings (SSSR count). The Hall–Kier alpha value is -0.310. The second kappa shape index (κ2) is 1.90. The second-order valence-corrected chi connectivity index (χ2v) is 2.39. The smallest absolute Gasteiger partial charge is 0.205 e. The molecule has 1 nitrogen and oxygen atoms in total. The van der Waals surface area contributed by atoms with Gasteiger partial charge in [0, 0.05) is 6.20 Å². The van der Waals surface area contributed by atoms with Crippen LogP contribution in [-0.4, -0.2) is 4.98 Å². The zero-order chi connectivity index (χ0) is 6.15. The minimum Gasteiger partial charge on any atom is -0.337 e. The first kappa shape index (κ1) is 5.82. The van der Waals surface area contributed by atoms with Crippen LogP contribution >= 0.6 is 15.9 Å². The number of halogens is 2. The van der Waals surface area contributed by atoms with Crippen LogP contribution in [0, 0.1) is 12.9 Å². The number of nitrogens with one attached hydrogen (secondary N) is 1. The number of aromatic nitrogens is 1. The second-order valence-electron chi connectivity index (χ2n) is 1.60. The molecule has 0 aliphatic carbocycles. The van der Waals surface area contributed by atoms with Crippen molar-refractivity contribution in [1.29, 1.82) is 0 Å². The van der Waals surface area contributed by atoms with Crippen LogP contribution < -0.4 is 0 Å². The number of rotatable bonds is 0. The third-order valence-corrected chi connectivity index (χ3v) is 1.93. The van der Waals surface area contributed by atoms with Gasteiger partial charge in [-0.2, -0.15) is 4.39 Å². The number of hydrogen-bond acceptors (Lipinski definition) is 0. The summed E-state index contributed by atoms with van der Waals surface area (Å²) in [5, 5.41) is 0. The van der Waals surface area contributed by atoms with Crippen molar-refractivity contribution in [3.05, 3.63) is 22.2 Å². The first-order valence-corrected chi connectivity index (χ1v) is 3.00. The van der Waals surface area contributed by atoms with Crippen LogP contribution in [0.4, 0.5) is 4.39 Å². The van der Waals surface area contributed by atoms with E-state index in [1.54, 1.807) is 6.20 Å². The quantitative estimate of drug-likeness (QED) is 0.626. The highest BCUT2D eigenvalue weighted by atomic mass is 79.9. The van der Waals surface area contributed by atoms with Gasteiger partial charge >= 0.3 is 0 Å². The Morgan fingerprint density at radius 3 is 2.50 bits per heavy atom. The van der Waals surface area contributed by atoms with Gasteiger partial charge < -0.3 is 4.98 Å². The zero-order valence-electron chi connectivity index (χ0n) is 4.33. The molecule has 0 aliphatic rings. The lowest BCUT2D eigenvalue weighted by molar-refractivity contribution is 0.585.